The third-order valence-electron chi connectivity index (χ3n) is 6.71. The molecule has 5 aromatic rings. The molecule has 0 amide bonds. The second-order valence-corrected chi connectivity index (χ2v) is 9.02. The number of nitrogens with zero attached hydrogens (tertiary/aromatic N) is 5. The van der Waals surface area contributed by atoms with Crippen molar-refractivity contribution in [2.75, 3.05) is 31.1 Å². The van der Waals surface area contributed by atoms with Crippen molar-refractivity contribution in [3.05, 3.63) is 120 Å². The zero-order valence-corrected chi connectivity index (χ0v) is 19.6. The van der Waals surface area contributed by atoms with E-state index in [9.17, 15) is 0 Å². The Hall–Kier alpha value is -4.03. The van der Waals surface area contributed by atoms with Gasteiger partial charge in [0.1, 0.15) is 5.82 Å². The number of aromatic amines is 1. The summed E-state index contributed by atoms with van der Waals surface area (Å²) in [5.74, 6) is 1.80. The van der Waals surface area contributed by atoms with Crippen molar-refractivity contribution in [1.29, 1.82) is 0 Å². The number of hydrogen-bond acceptors (Lipinski definition) is 5. The number of aromatic nitrogens is 4. The molecule has 35 heavy (non-hydrogen) atoms. The van der Waals surface area contributed by atoms with Crippen LogP contribution in [0.2, 0.25) is 0 Å². The summed E-state index contributed by atoms with van der Waals surface area (Å²) < 4.78 is 0. The van der Waals surface area contributed by atoms with Gasteiger partial charge in [-0.3, -0.25) is 4.90 Å². The predicted molar refractivity (Wildman–Crippen MR) is 139 cm³/mol. The summed E-state index contributed by atoms with van der Waals surface area (Å²) >= 11 is 0. The van der Waals surface area contributed by atoms with E-state index in [1.165, 1.54) is 16.7 Å². The average molecular weight is 461 g/mol. The lowest BCUT2D eigenvalue weighted by Gasteiger charge is -2.38. The molecule has 1 N–H and O–H groups in total. The molecule has 1 atom stereocenters. The van der Waals surface area contributed by atoms with Gasteiger partial charge in [0.15, 0.2) is 0 Å². The van der Waals surface area contributed by atoms with E-state index in [0.29, 0.717) is 0 Å². The van der Waals surface area contributed by atoms with Crippen molar-refractivity contribution in [1.82, 2.24) is 24.8 Å². The van der Waals surface area contributed by atoms with Crippen molar-refractivity contribution < 1.29 is 0 Å². The van der Waals surface area contributed by atoms with E-state index in [4.69, 9.17) is 4.98 Å². The maximum atomic E-state index is 5.11. The Morgan fingerprint density at radius 1 is 0.743 bits per heavy atom. The quantitative estimate of drug-likeness (QED) is 0.392. The summed E-state index contributed by atoms with van der Waals surface area (Å²) in [6.45, 7) is 3.59. The van der Waals surface area contributed by atoms with E-state index in [-0.39, 0.29) is 6.04 Å². The molecule has 0 spiro atoms. The van der Waals surface area contributed by atoms with E-state index in [2.05, 4.69) is 104 Å². The molecule has 1 aliphatic heterocycles. The fraction of sp³-hybridized carbons (Fsp3) is 0.207. The van der Waals surface area contributed by atoms with Gasteiger partial charge in [0.05, 0.1) is 17.1 Å². The summed E-state index contributed by atoms with van der Waals surface area (Å²) in [5.41, 5.74) is 5.93. The van der Waals surface area contributed by atoms with Crippen LogP contribution < -0.4 is 4.90 Å². The minimum atomic E-state index is 0.0695. The predicted octanol–water partition coefficient (Wildman–Crippen LogP) is 4.86. The lowest BCUT2D eigenvalue weighted by molar-refractivity contribution is 0.206. The first kappa shape index (κ1) is 21.5. The number of fused-ring (bicyclic) bond motifs is 1. The Kier molecular flexibility index (Phi) is 5.95. The third-order valence-corrected chi connectivity index (χ3v) is 6.71. The summed E-state index contributed by atoms with van der Waals surface area (Å²) in [7, 11) is 0. The molecule has 1 fully saturated rings. The molecule has 1 unspecified atom stereocenters. The first-order valence-electron chi connectivity index (χ1n) is 12.2. The molecule has 0 radical (unpaired) electrons. The van der Waals surface area contributed by atoms with Crippen LogP contribution in [-0.4, -0.2) is 51.0 Å². The summed E-state index contributed by atoms with van der Waals surface area (Å²) in [6, 6.07) is 29.8. The maximum Gasteiger partial charge on any atom is 0.225 e. The van der Waals surface area contributed by atoms with E-state index >= 15 is 0 Å². The average Bonchev–Trinajstić information content (AvgIpc) is 3.34. The molecular formula is C29H28N6. The summed E-state index contributed by atoms with van der Waals surface area (Å²) in [6.07, 6.45) is 4.52. The van der Waals surface area contributed by atoms with Crippen molar-refractivity contribution >= 4 is 17.0 Å². The molecule has 6 nitrogen and oxygen atoms in total. The molecule has 1 saturated heterocycles. The van der Waals surface area contributed by atoms with Crippen LogP contribution in [0, 0.1) is 0 Å². The van der Waals surface area contributed by atoms with Gasteiger partial charge in [0.25, 0.3) is 0 Å². The van der Waals surface area contributed by atoms with Crippen LogP contribution in [0.4, 0.5) is 5.95 Å². The second kappa shape index (κ2) is 9.68. The molecule has 2 aromatic heterocycles. The zero-order valence-electron chi connectivity index (χ0n) is 19.6. The molecule has 3 aromatic carbocycles. The van der Waals surface area contributed by atoms with E-state index in [1.807, 2.05) is 18.5 Å². The highest BCUT2D eigenvalue weighted by molar-refractivity contribution is 5.76. The van der Waals surface area contributed by atoms with Crippen LogP contribution in [0.5, 0.6) is 0 Å². The van der Waals surface area contributed by atoms with Crippen LogP contribution in [0.3, 0.4) is 0 Å². The molecule has 174 valence electrons. The number of piperazine rings is 1. The molecular weight excluding hydrogens is 432 g/mol. The second-order valence-electron chi connectivity index (χ2n) is 9.02. The third kappa shape index (κ3) is 4.66. The van der Waals surface area contributed by atoms with E-state index < -0.39 is 0 Å². The number of hydrogen-bond donors (Lipinski definition) is 1. The van der Waals surface area contributed by atoms with Crippen molar-refractivity contribution in [2.24, 2.45) is 0 Å². The zero-order chi connectivity index (χ0) is 23.5. The van der Waals surface area contributed by atoms with E-state index in [0.717, 1.165) is 55.4 Å². The Morgan fingerprint density at radius 3 is 2.20 bits per heavy atom. The van der Waals surface area contributed by atoms with Gasteiger partial charge in [0, 0.05) is 38.6 Å². The van der Waals surface area contributed by atoms with Gasteiger partial charge in [-0.1, -0.05) is 66.7 Å². The Morgan fingerprint density at radius 2 is 1.46 bits per heavy atom. The highest BCUT2D eigenvalue weighted by Crippen LogP contribution is 2.30. The van der Waals surface area contributed by atoms with Crippen molar-refractivity contribution in [3.63, 3.8) is 0 Å². The standard InChI is InChI=1S/C29H28N6/c1-3-8-22(9-4-1)20-23-12-13-25-26(21-23)33-28(32-25)27(24-10-5-2-6-11-24)34-16-18-35(19-17-34)29-30-14-7-15-31-29/h1-15,21,27H,16-20H2,(H,32,33). The van der Waals surface area contributed by atoms with Crippen molar-refractivity contribution in [3.8, 4) is 0 Å². The first-order valence-corrected chi connectivity index (χ1v) is 12.2. The molecule has 3 heterocycles. The van der Waals surface area contributed by atoms with Gasteiger partial charge in [-0.25, -0.2) is 15.0 Å². The molecule has 0 saturated carbocycles. The summed E-state index contributed by atoms with van der Waals surface area (Å²) in [5, 5.41) is 0. The number of rotatable bonds is 6. The molecule has 0 aliphatic carbocycles. The highest BCUT2D eigenvalue weighted by atomic mass is 15.3. The van der Waals surface area contributed by atoms with Gasteiger partial charge < -0.3 is 9.88 Å². The fourth-order valence-electron chi connectivity index (χ4n) is 4.95. The fourth-order valence-corrected chi connectivity index (χ4v) is 4.95. The van der Waals surface area contributed by atoms with Gasteiger partial charge >= 0.3 is 0 Å². The minimum Gasteiger partial charge on any atom is -0.340 e. The highest BCUT2D eigenvalue weighted by Gasteiger charge is 2.29. The number of anilines is 1. The lowest BCUT2D eigenvalue weighted by atomic mass is 10.0. The van der Waals surface area contributed by atoms with E-state index in [1.54, 1.807) is 0 Å². The van der Waals surface area contributed by atoms with Gasteiger partial charge in [0.2, 0.25) is 5.95 Å². The van der Waals surface area contributed by atoms with Crippen molar-refractivity contribution in [2.45, 2.75) is 12.5 Å². The first-order chi connectivity index (χ1) is 17.3. The van der Waals surface area contributed by atoms with Gasteiger partial charge in [-0.15, -0.1) is 0 Å². The van der Waals surface area contributed by atoms with Gasteiger partial charge in [-0.05, 0) is 41.3 Å². The number of nitrogens with one attached hydrogen (secondary N) is 1. The Labute approximate surface area is 205 Å². The monoisotopic (exact) mass is 460 g/mol. The Bertz CT molecular complexity index is 1380. The van der Waals surface area contributed by atoms with Crippen LogP contribution in [0.25, 0.3) is 11.0 Å². The van der Waals surface area contributed by atoms with Crippen LogP contribution in [0.15, 0.2) is 97.3 Å². The topological polar surface area (TPSA) is 60.9 Å². The summed E-state index contributed by atoms with van der Waals surface area (Å²) in [4.78, 5) is 22.4. The number of benzene rings is 3. The maximum absolute atomic E-state index is 5.11. The minimum absolute atomic E-state index is 0.0695. The van der Waals surface area contributed by atoms with Crippen LogP contribution >= 0.6 is 0 Å². The largest absolute Gasteiger partial charge is 0.340 e. The van der Waals surface area contributed by atoms with Gasteiger partial charge in [-0.2, -0.15) is 0 Å². The molecule has 6 rings (SSSR count). The SMILES string of the molecule is c1ccc(Cc2ccc3[nH]c(C(c4ccccc4)N4CCN(c5ncccn5)CC4)nc3c2)cc1. The molecule has 0 bridgehead atoms. The van der Waals surface area contributed by atoms with Crippen LogP contribution in [-0.2, 0) is 6.42 Å². The smallest absolute Gasteiger partial charge is 0.225 e. The lowest BCUT2D eigenvalue weighted by Crippen LogP contribution is -2.48. The number of H-pyrrole nitrogens is 1. The molecule has 1 aliphatic rings. The number of imidazole rings is 1. The van der Waals surface area contributed by atoms with Crippen LogP contribution in [0.1, 0.15) is 28.6 Å². The molecule has 6 heteroatoms. The normalized spacial score (nSPS) is 15.4. The Balaban J connectivity index is 1.28.